The number of fused-ring (bicyclic) bond motifs is 1. The summed E-state index contributed by atoms with van der Waals surface area (Å²) in [6.45, 7) is 2.47. The highest BCUT2D eigenvalue weighted by molar-refractivity contribution is 5.53. The molecule has 0 atom stereocenters. The van der Waals surface area contributed by atoms with E-state index in [9.17, 15) is 5.26 Å². The Bertz CT molecular complexity index is 808. The molecule has 0 saturated carbocycles. The number of rotatable bonds is 4. The van der Waals surface area contributed by atoms with E-state index in [0.29, 0.717) is 24.0 Å². The highest BCUT2D eigenvalue weighted by atomic mass is 16.5. The minimum atomic E-state index is 0.498. The van der Waals surface area contributed by atoms with Crippen LogP contribution in [-0.2, 0) is 12.8 Å². The SMILES string of the molecule is N#Cc1cccnc1N1CCC(COc2cc3c(nn2)CCCC3)CC1. The molecule has 134 valence electrons. The number of aromatic nitrogens is 3. The number of hydrogen-bond acceptors (Lipinski definition) is 6. The van der Waals surface area contributed by atoms with E-state index in [1.165, 1.54) is 18.4 Å². The molecule has 1 saturated heterocycles. The summed E-state index contributed by atoms with van der Waals surface area (Å²) in [5.41, 5.74) is 3.09. The molecule has 0 aromatic carbocycles. The van der Waals surface area contributed by atoms with Crippen molar-refractivity contribution in [3.05, 3.63) is 41.2 Å². The van der Waals surface area contributed by atoms with Crippen LogP contribution in [0.25, 0.3) is 0 Å². The molecular formula is C20H23N5O. The van der Waals surface area contributed by atoms with Crippen LogP contribution in [0.5, 0.6) is 5.88 Å². The first-order valence-electron chi connectivity index (χ1n) is 9.42. The zero-order valence-electron chi connectivity index (χ0n) is 14.9. The molecule has 2 aliphatic rings. The Labute approximate surface area is 153 Å². The molecule has 6 nitrogen and oxygen atoms in total. The largest absolute Gasteiger partial charge is 0.476 e. The summed E-state index contributed by atoms with van der Waals surface area (Å²) >= 11 is 0. The molecule has 2 aromatic rings. The van der Waals surface area contributed by atoms with E-state index in [1.54, 1.807) is 6.20 Å². The van der Waals surface area contributed by atoms with Gasteiger partial charge in [-0.05, 0) is 62.1 Å². The van der Waals surface area contributed by atoms with Gasteiger partial charge in [-0.3, -0.25) is 0 Å². The molecule has 6 heteroatoms. The molecule has 1 aliphatic heterocycles. The van der Waals surface area contributed by atoms with E-state index < -0.39 is 0 Å². The summed E-state index contributed by atoms with van der Waals surface area (Å²) in [4.78, 5) is 6.59. The topological polar surface area (TPSA) is 74.9 Å². The standard InChI is InChI=1S/C20H23N5O/c21-13-17-5-3-9-22-20(17)25-10-7-15(8-11-25)14-26-19-12-16-4-1-2-6-18(16)23-24-19/h3,5,9,12,15H,1-2,4,6-8,10-11,14H2. The highest BCUT2D eigenvalue weighted by Gasteiger charge is 2.23. The Morgan fingerprint density at radius 1 is 1.19 bits per heavy atom. The van der Waals surface area contributed by atoms with Gasteiger partial charge in [-0.15, -0.1) is 5.10 Å². The number of pyridine rings is 1. The summed E-state index contributed by atoms with van der Waals surface area (Å²) in [6.07, 6.45) is 8.38. The first kappa shape index (κ1) is 16.8. The van der Waals surface area contributed by atoms with Crippen molar-refractivity contribution in [2.24, 2.45) is 5.92 Å². The maximum Gasteiger partial charge on any atom is 0.233 e. The minimum Gasteiger partial charge on any atom is -0.476 e. The lowest BCUT2D eigenvalue weighted by Crippen LogP contribution is -2.36. The van der Waals surface area contributed by atoms with Crippen molar-refractivity contribution in [3.63, 3.8) is 0 Å². The van der Waals surface area contributed by atoms with Gasteiger partial charge in [0, 0.05) is 25.4 Å². The molecule has 0 amide bonds. The quantitative estimate of drug-likeness (QED) is 0.845. The predicted octanol–water partition coefficient (Wildman–Crippen LogP) is 2.92. The Morgan fingerprint density at radius 2 is 2.04 bits per heavy atom. The molecule has 1 aliphatic carbocycles. The summed E-state index contributed by atoms with van der Waals surface area (Å²) in [6, 6.07) is 7.94. The summed E-state index contributed by atoms with van der Waals surface area (Å²) < 4.78 is 5.94. The third-order valence-corrected chi connectivity index (χ3v) is 5.34. The fraction of sp³-hybridized carbons (Fsp3) is 0.500. The third-order valence-electron chi connectivity index (χ3n) is 5.34. The van der Waals surface area contributed by atoms with Crippen molar-refractivity contribution in [1.29, 1.82) is 5.26 Å². The lowest BCUT2D eigenvalue weighted by molar-refractivity contribution is 0.213. The van der Waals surface area contributed by atoms with Crippen LogP contribution in [0.15, 0.2) is 24.4 Å². The zero-order chi connectivity index (χ0) is 17.8. The molecule has 1 fully saturated rings. The molecular weight excluding hydrogens is 326 g/mol. The molecule has 2 aromatic heterocycles. The van der Waals surface area contributed by atoms with Gasteiger partial charge in [0.15, 0.2) is 0 Å². The van der Waals surface area contributed by atoms with Gasteiger partial charge in [-0.2, -0.15) is 10.4 Å². The fourth-order valence-corrected chi connectivity index (χ4v) is 3.79. The van der Waals surface area contributed by atoms with E-state index in [4.69, 9.17) is 4.74 Å². The third kappa shape index (κ3) is 3.62. The van der Waals surface area contributed by atoms with Gasteiger partial charge >= 0.3 is 0 Å². The first-order valence-corrected chi connectivity index (χ1v) is 9.42. The van der Waals surface area contributed by atoms with Gasteiger partial charge < -0.3 is 9.64 Å². The second-order valence-electron chi connectivity index (χ2n) is 7.09. The lowest BCUT2D eigenvalue weighted by Gasteiger charge is -2.32. The van der Waals surface area contributed by atoms with E-state index in [-0.39, 0.29) is 0 Å². The van der Waals surface area contributed by atoms with Crippen LogP contribution in [0.1, 0.15) is 42.5 Å². The number of aryl methyl sites for hydroxylation is 2. The van der Waals surface area contributed by atoms with E-state index in [1.807, 2.05) is 12.1 Å². The molecule has 0 unspecified atom stereocenters. The lowest BCUT2D eigenvalue weighted by atomic mass is 9.97. The first-order chi connectivity index (χ1) is 12.8. The monoisotopic (exact) mass is 349 g/mol. The number of ether oxygens (including phenoxy) is 1. The summed E-state index contributed by atoms with van der Waals surface area (Å²) in [7, 11) is 0. The smallest absolute Gasteiger partial charge is 0.233 e. The number of anilines is 1. The van der Waals surface area contributed by atoms with E-state index in [0.717, 1.165) is 50.3 Å². The van der Waals surface area contributed by atoms with Crippen LogP contribution in [0.4, 0.5) is 5.82 Å². The second-order valence-corrected chi connectivity index (χ2v) is 7.09. The maximum absolute atomic E-state index is 9.25. The van der Waals surface area contributed by atoms with Crippen molar-refractivity contribution in [2.75, 3.05) is 24.6 Å². The molecule has 0 N–H and O–H groups in total. The van der Waals surface area contributed by atoms with E-state index in [2.05, 4.69) is 32.2 Å². The van der Waals surface area contributed by atoms with Crippen LogP contribution in [0.2, 0.25) is 0 Å². The normalized spacial score (nSPS) is 17.4. The van der Waals surface area contributed by atoms with E-state index >= 15 is 0 Å². The average molecular weight is 349 g/mol. The number of hydrogen-bond donors (Lipinski definition) is 0. The van der Waals surface area contributed by atoms with Crippen molar-refractivity contribution in [3.8, 4) is 11.9 Å². The van der Waals surface area contributed by atoms with Crippen LogP contribution in [-0.4, -0.2) is 34.9 Å². The van der Waals surface area contributed by atoms with Crippen molar-refractivity contribution < 1.29 is 4.74 Å². The molecule has 0 radical (unpaired) electrons. The van der Waals surface area contributed by atoms with Crippen molar-refractivity contribution in [2.45, 2.75) is 38.5 Å². The number of nitrogens with zero attached hydrogens (tertiary/aromatic N) is 5. The van der Waals surface area contributed by atoms with Crippen LogP contribution >= 0.6 is 0 Å². The van der Waals surface area contributed by atoms with Crippen LogP contribution in [0.3, 0.4) is 0 Å². The average Bonchev–Trinajstić information content (AvgIpc) is 2.72. The predicted molar refractivity (Wildman–Crippen MR) is 98.1 cm³/mol. The van der Waals surface area contributed by atoms with Gasteiger partial charge in [-0.25, -0.2) is 4.98 Å². The van der Waals surface area contributed by atoms with Crippen LogP contribution < -0.4 is 9.64 Å². The second kappa shape index (κ2) is 7.69. The Kier molecular flexibility index (Phi) is 4.96. The molecule has 0 spiro atoms. The van der Waals surface area contributed by atoms with Gasteiger partial charge in [0.05, 0.1) is 17.9 Å². The molecule has 4 rings (SSSR count). The fourth-order valence-electron chi connectivity index (χ4n) is 3.79. The van der Waals surface area contributed by atoms with Gasteiger partial charge in [0.1, 0.15) is 11.9 Å². The Morgan fingerprint density at radius 3 is 2.88 bits per heavy atom. The van der Waals surface area contributed by atoms with Gasteiger partial charge in [-0.1, -0.05) is 0 Å². The zero-order valence-corrected chi connectivity index (χ0v) is 14.9. The number of piperidine rings is 1. The Balaban J connectivity index is 1.31. The highest BCUT2D eigenvalue weighted by Crippen LogP contribution is 2.25. The summed E-state index contributed by atoms with van der Waals surface area (Å²) in [5.74, 6) is 1.96. The maximum atomic E-state index is 9.25. The minimum absolute atomic E-state index is 0.498. The number of nitriles is 1. The van der Waals surface area contributed by atoms with Crippen LogP contribution in [0, 0.1) is 17.2 Å². The molecule has 3 heterocycles. The summed E-state index contributed by atoms with van der Waals surface area (Å²) in [5, 5.41) is 17.8. The van der Waals surface area contributed by atoms with Crippen molar-refractivity contribution >= 4 is 5.82 Å². The molecule has 0 bridgehead atoms. The van der Waals surface area contributed by atoms with Gasteiger partial charge in [0.25, 0.3) is 0 Å². The molecule has 26 heavy (non-hydrogen) atoms. The van der Waals surface area contributed by atoms with Crippen molar-refractivity contribution in [1.82, 2.24) is 15.2 Å². The Hall–Kier alpha value is -2.68. The van der Waals surface area contributed by atoms with Gasteiger partial charge in [0.2, 0.25) is 5.88 Å².